The molecule has 1 aliphatic rings. The van der Waals surface area contributed by atoms with E-state index in [0.717, 1.165) is 0 Å². The normalized spacial score (nSPS) is 21.7. The van der Waals surface area contributed by atoms with Crippen molar-refractivity contribution in [1.29, 1.82) is 0 Å². The van der Waals surface area contributed by atoms with E-state index in [4.69, 9.17) is 0 Å². The van der Waals surface area contributed by atoms with E-state index in [0.29, 0.717) is 19.4 Å². The molecule has 15 heavy (non-hydrogen) atoms. The van der Waals surface area contributed by atoms with E-state index in [1.54, 1.807) is 0 Å². The summed E-state index contributed by atoms with van der Waals surface area (Å²) in [4.78, 5) is 11.3. The first kappa shape index (κ1) is 12.4. The summed E-state index contributed by atoms with van der Waals surface area (Å²) in [6.45, 7) is 4.20. The first-order valence-electron chi connectivity index (χ1n) is 5.56. The molecule has 1 N–H and O–H groups in total. The molecule has 1 saturated carbocycles. The zero-order valence-corrected chi connectivity index (χ0v) is 9.35. The molecule has 0 aromatic heterocycles. The molecular formula is C11H19F2NO. The number of rotatable bonds is 3. The molecule has 2 nitrogen and oxygen atoms in total. The number of hydrogen-bond donors (Lipinski definition) is 1. The van der Waals surface area contributed by atoms with Gasteiger partial charge < -0.3 is 5.32 Å². The van der Waals surface area contributed by atoms with Gasteiger partial charge in [0.1, 0.15) is 0 Å². The van der Waals surface area contributed by atoms with E-state index >= 15 is 0 Å². The molecule has 0 saturated heterocycles. The molecule has 0 aliphatic heterocycles. The van der Waals surface area contributed by atoms with Gasteiger partial charge in [-0.2, -0.15) is 0 Å². The highest BCUT2D eigenvalue weighted by atomic mass is 19.3. The average Bonchev–Trinajstić information content (AvgIpc) is 2.15. The van der Waals surface area contributed by atoms with Crippen molar-refractivity contribution in [2.75, 3.05) is 6.54 Å². The molecule has 88 valence electrons. The fourth-order valence-electron chi connectivity index (χ4n) is 1.75. The Morgan fingerprint density at radius 3 is 2.40 bits per heavy atom. The second-order valence-electron chi connectivity index (χ2n) is 4.70. The minimum absolute atomic E-state index is 0.00679. The molecule has 0 spiro atoms. The van der Waals surface area contributed by atoms with Crippen molar-refractivity contribution in [2.24, 2.45) is 11.8 Å². The number of carbonyl (C=O) groups is 1. The Kier molecular flexibility index (Phi) is 4.05. The van der Waals surface area contributed by atoms with Crippen LogP contribution in [0.15, 0.2) is 0 Å². The van der Waals surface area contributed by atoms with E-state index < -0.39 is 5.92 Å². The van der Waals surface area contributed by atoms with Gasteiger partial charge >= 0.3 is 0 Å². The van der Waals surface area contributed by atoms with Crippen LogP contribution in [0, 0.1) is 11.8 Å². The largest absolute Gasteiger partial charge is 0.356 e. The zero-order chi connectivity index (χ0) is 11.5. The summed E-state index contributed by atoms with van der Waals surface area (Å²) >= 11 is 0. The fourth-order valence-corrected chi connectivity index (χ4v) is 1.75. The Hall–Kier alpha value is -0.670. The molecule has 0 heterocycles. The van der Waals surface area contributed by atoms with E-state index in [2.05, 4.69) is 5.32 Å². The number of hydrogen-bond acceptors (Lipinski definition) is 1. The molecule has 1 rings (SSSR count). The van der Waals surface area contributed by atoms with Crippen LogP contribution in [0.3, 0.4) is 0 Å². The highest BCUT2D eigenvalue weighted by molar-refractivity contribution is 5.77. The monoisotopic (exact) mass is 219 g/mol. The number of nitrogens with one attached hydrogen (secondary N) is 1. The number of alkyl halides is 2. The maximum atomic E-state index is 12.8. The van der Waals surface area contributed by atoms with Gasteiger partial charge in [0.25, 0.3) is 0 Å². The van der Waals surface area contributed by atoms with Crippen LogP contribution >= 0.6 is 0 Å². The third-order valence-corrected chi connectivity index (χ3v) is 2.93. The lowest BCUT2D eigenvalue weighted by Gasteiger charge is -2.28. The van der Waals surface area contributed by atoms with Crippen LogP contribution in [0.4, 0.5) is 8.78 Å². The second kappa shape index (κ2) is 4.90. The number of halogens is 2. The lowest BCUT2D eigenvalue weighted by molar-refractivity contribution is -0.124. The Balaban J connectivity index is 2.22. The van der Waals surface area contributed by atoms with E-state index in [-0.39, 0.29) is 30.6 Å². The molecule has 1 fully saturated rings. The lowest BCUT2D eigenvalue weighted by atomic mass is 9.87. The Morgan fingerprint density at radius 1 is 1.40 bits per heavy atom. The van der Waals surface area contributed by atoms with Gasteiger partial charge in [0.05, 0.1) is 0 Å². The van der Waals surface area contributed by atoms with Crippen LogP contribution in [0.1, 0.15) is 39.5 Å². The van der Waals surface area contributed by atoms with Crippen LogP contribution < -0.4 is 5.32 Å². The van der Waals surface area contributed by atoms with Crippen LogP contribution in [0.5, 0.6) is 0 Å². The zero-order valence-electron chi connectivity index (χ0n) is 9.35. The average molecular weight is 219 g/mol. The second-order valence-corrected chi connectivity index (χ2v) is 4.70. The maximum absolute atomic E-state index is 12.8. The van der Waals surface area contributed by atoms with Gasteiger partial charge in [0.2, 0.25) is 11.8 Å². The Labute approximate surface area is 89.4 Å². The molecule has 0 atom stereocenters. The first-order chi connectivity index (χ1) is 6.91. The van der Waals surface area contributed by atoms with Gasteiger partial charge in [0, 0.05) is 25.3 Å². The minimum atomic E-state index is -2.47. The highest BCUT2D eigenvalue weighted by Gasteiger charge is 2.34. The van der Waals surface area contributed by atoms with Crippen LogP contribution in [-0.4, -0.2) is 18.4 Å². The predicted molar refractivity (Wildman–Crippen MR) is 54.8 cm³/mol. The van der Waals surface area contributed by atoms with Crippen molar-refractivity contribution in [3.63, 3.8) is 0 Å². The molecule has 1 amide bonds. The van der Waals surface area contributed by atoms with Gasteiger partial charge in [-0.3, -0.25) is 4.79 Å². The van der Waals surface area contributed by atoms with E-state index in [9.17, 15) is 13.6 Å². The van der Waals surface area contributed by atoms with Gasteiger partial charge in [-0.1, -0.05) is 13.8 Å². The summed E-state index contributed by atoms with van der Waals surface area (Å²) in [7, 11) is 0. The third-order valence-electron chi connectivity index (χ3n) is 2.93. The van der Waals surface area contributed by atoms with Crippen molar-refractivity contribution < 1.29 is 13.6 Å². The third kappa shape index (κ3) is 4.14. The van der Waals surface area contributed by atoms with Crippen molar-refractivity contribution in [1.82, 2.24) is 5.32 Å². The predicted octanol–water partition coefficient (Wildman–Crippen LogP) is 2.58. The quantitative estimate of drug-likeness (QED) is 0.776. The lowest BCUT2D eigenvalue weighted by Crippen LogP contribution is -2.35. The van der Waals surface area contributed by atoms with Crippen molar-refractivity contribution >= 4 is 5.91 Å². The van der Waals surface area contributed by atoms with Crippen LogP contribution in [0.2, 0.25) is 0 Å². The molecular weight excluding hydrogens is 200 g/mol. The van der Waals surface area contributed by atoms with Gasteiger partial charge in [0.15, 0.2) is 0 Å². The van der Waals surface area contributed by atoms with Crippen LogP contribution in [0.25, 0.3) is 0 Å². The fraction of sp³-hybridized carbons (Fsp3) is 0.909. The summed E-state index contributed by atoms with van der Waals surface area (Å²) < 4.78 is 25.6. The molecule has 0 bridgehead atoms. The topological polar surface area (TPSA) is 29.1 Å². The van der Waals surface area contributed by atoms with Crippen LogP contribution in [-0.2, 0) is 4.79 Å². The van der Waals surface area contributed by atoms with Gasteiger partial charge in [-0.05, 0) is 18.8 Å². The van der Waals surface area contributed by atoms with Gasteiger partial charge in [-0.25, -0.2) is 8.78 Å². The summed E-state index contributed by atoms with van der Waals surface area (Å²) in [5.74, 6) is -2.27. The summed E-state index contributed by atoms with van der Waals surface area (Å²) in [6.07, 6.45) is 0.973. The maximum Gasteiger partial charge on any atom is 0.248 e. The molecule has 4 heteroatoms. The van der Waals surface area contributed by atoms with Crippen molar-refractivity contribution in [3.05, 3.63) is 0 Å². The number of amides is 1. The summed E-state index contributed by atoms with van der Waals surface area (Å²) in [6, 6.07) is 0. The van der Waals surface area contributed by atoms with Crippen molar-refractivity contribution in [2.45, 2.75) is 45.5 Å². The molecule has 0 radical (unpaired) electrons. The van der Waals surface area contributed by atoms with Crippen molar-refractivity contribution in [3.8, 4) is 0 Å². The Bertz CT molecular complexity index is 219. The smallest absolute Gasteiger partial charge is 0.248 e. The standard InChI is InChI=1S/C11H19F2NO/c1-8(2)10(15)14-7-9-3-5-11(12,13)6-4-9/h8-9H,3-7H2,1-2H3,(H,14,15). The molecule has 0 aromatic carbocycles. The molecule has 1 aliphatic carbocycles. The SMILES string of the molecule is CC(C)C(=O)NCC1CCC(F)(F)CC1. The summed E-state index contributed by atoms with van der Waals surface area (Å²) in [5, 5.41) is 2.80. The van der Waals surface area contributed by atoms with Gasteiger partial charge in [-0.15, -0.1) is 0 Å². The van der Waals surface area contributed by atoms with E-state index in [1.165, 1.54) is 0 Å². The minimum Gasteiger partial charge on any atom is -0.356 e. The van der Waals surface area contributed by atoms with E-state index in [1.807, 2.05) is 13.8 Å². The first-order valence-corrected chi connectivity index (χ1v) is 5.56. The molecule has 0 aromatic rings. The molecule has 0 unspecified atom stereocenters. The summed E-state index contributed by atoms with van der Waals surface area (Å²) in [5.41, 5.74) is 0. The highest BCUT2D eigenvalue weighted by Crippen LogP contribution is 2.35. The number of carbonyl (C=O) groups excluding carboxylic acids is 1. The Morgan fingerprint density at radius 2 is 1.93 bits per heavy atom.